The summed E-state index contributed by atoms with van der Waals surface area (Å²) < 4.78 is 16.6. The molecule has 2 aliphatic heterocycles. The van der Waals surface area contributed by atoms with E-state index >= 15 is 0 Å². The molecule has 0 aliphatic carbocycles. The number of hydrogen-bond acceptors (Lipinski definition) is 8. The largest absolute Gasteiger partial charge is 0.493 e. The number of carbonyl (C=O) groups excluding carboxylic acids is 2. The summed E-state index contributed by atoms with van der Waals surface area (Å²) in [6.07, 6.45) is 1.80. The van der Waals surface area contributed by atoms with Crippen molar-refractivity contribution >= 4 is 51.9 Å². The molecule has 0 bridgehead atoms. The van der Waals surface area contributed by atoms with E-state index in [-0.39, 0.29) is 18.4 Å². The topological polar surface area (TPSA) is 92.7 Å². The third kappa shape index (κ3) is 7.08. The molecule has 2 amide bonds. The van der Waals surface area contributed by atoms with Crippen LogP contribution in [0.2, 0.25) is 0 Å². The van der Waals surface area contributed by atoms with Gasteiger partial charge >= 0.3 is 0 Å². The van der Waals surface area contributed by atoms with E-state index in [0.29, 0.717) is 27.3 Å². The first-order valence-corrected chi connectivity index (χ1v) is 14.1. The number of amides is 2. The predicted octanol–water partition coefficient (Wildman–Crippen LogP) is 5.09. The molecule has 0 saturated carbocycles. The predicted molar refractivity (Wildman–Crippen MR) is 163 cm³/mol. The maximum atomic E-state index is 13.0. The molecule has 2 heterocycles. The van der Waals surface area contributed by atoms with Gasteiger partial charge in [0.2, 0.25) is 0 Å². The van der Waals surface area contributed by atoms with Crippen molar-refractivity contribution in [2.75, 3.05) is 57.3 Å². The Morgan fingerprint density at radius 1 is 1.05 bits per heavy atom. The number of amidine groups is 1. The average molecular weight is 573 g/mol. The molecule has 2 saturated heterocycles. The van der Waals surface area contributed by atoms with Crippen molar-refractivity contribution in [3.05, 3.63) is 82.8 Å². The zero-order chi connectivity index (χ0) is 28.8. The Kier molecular flexibility index (Phi) is 8.91. The molecular weight excluding hydrogens is 540 g/mol. The van der Waals surface area contributed by atoms with Gasteiger partial charge in [-0.25, -0.2) is 4.99 Å². The van der Waals surface area contributed by atoms with E-state index in [2.05, 4.69) is 10.2 Å². The van der Waals surface area contributed by atoms with Crippen molar-refractivity contribution in [2.24, 2.45) is 4.99 Å². The number of morpholine rings is 1. The molecule has 0 radical (unpaired) electrons. The minimum Gasteiger partial charge on any atom is -0.493 e. The van der Waals surface area contributed by atoms with Gasteiger partial charge in [-0.2, -0.15) is 0 Å². The van der Waals surface area contributed by atoms with E-state index in [1.807, 2.05) is 61.5 Å². The third-order valence-corrected chi connectivity index (χ3v) is 7.69. The van der Waals surface area contributed by atoms with Crippen molar-refractivity contribution in [1.82, 2.24) is 4.90 Å². The number of likely N-dealkylation sites (N-methyl/N-ethyl adjacent to an activating group) is 1. The van der Waals surface area contributed by atoms with Crippen molar-refractivity contribution in [2.45, 2.75) is 6.92 Å². The number of anilines is 2. The van der Waals surface area contributed by atoms with E-state index in [0.717, 1.165) is 48.8 Å². The highest BCUT2D eigenvalue weighted by Crippen LogP contribution is 2.35. The molecule has 9 nitrogen and oxygen atoms in total. The van der Waals surface area contributed by atoms with Crippen LogP contribution in [-0.2, 0) is 14.3 Å². The molecule has 2 fully saturated rings. The smallest absolute Gasteiger partial charge is 0.266 e. The van der Waals surface area contributed by atoms with E-state index < -0.39 is 0 Å². The fourth-order valence-electron chi connectivity index (χ4n) is 4.34. The highest BCUT2D eigenvalue weighted by molar-refractivity contribution is 8.18. The second-order valence-corrected chi connectivity index (χ2v) is 10.6. The Bertz CT molecular complexity index is 1460. The molecule has 41 heavy (non-hydrogen) atoms. The molecule has 3 aromatic rings. The van der Waals surface area contributed by atoms with Gasteiger partial charge in [-0.1, -0.05) is 23.8 Å². The maximum Gasteiger partial charge on any atom is 0.266 e. The zero-order valence-corrected chi connectivity index (χ0v) is 24.1. The Labute approximate surface area is 243 Å². The van der Waals surface area contributed by atoms with Gasteiger partial charge in [0.25, 0.3) is 11.8 Å². The summed E-state index contributed by atoms with van der Waals surface area (Å²) in [5, 5.41) is 3.41. The van der Waals surface area contributed by atoms with Crippen LogP contribution in [0.15, 0.2) is 76.6 Å². The third-order valence-electron chi connectivity index (χ3n) is 6.63. The van der Waals surface area contributed by atoms with Gasteiger partial charge in [0.1, 0.15) is 0 Å². The molecule has 212 valence electrons. The Morgan fingerprint density at radius 3 is 2.49 bits per heavy atom. The fraction of sp³-hybridized carbons (Fsp3) is 0.258. The number of ether oxygens (including phenoxy) is 3. The molecule has 10 heteroatoms. The van der Waals surface area contributed by atoms with Crippen molar-refractivity contribution in [3.8, 4) is 11.5 Å². The standard InChI is InChI=1S/C31H32N4O5S/c1-21-4-7-23(8-5-21)32-29(36)20-40-26-13-6-22(18-27(26)38-3)19-28-30(37)34(2)31(41-28)33-24-9-11-25(12-10-24)35-14-16-39-17-15-35/h4-13,18-19H,14-17,20H2,1-3H3,(H,32,36)/b28-19-,33-31?. The quantitative estimate of drug-likeness (QED) is 0.376. The van der Waals surface area contributed by atoms with Crippen LogP contribution in [0.1, 0.15) is 11.1 Å². The van der Waals surface area contributed by atoms with E-state index in [1.165, 1.54) is 18.9 Å². The van der Waals surface area contributed by atoms with Crippen LogP contribution in [0, 0.1) is 6.92 Å². The lowest BCUT2D eigenvalue weighted by Crippen LogP contribution is -2.36. The van der Waals surface area contributed by atoms with Crippen LogP contribution in [-0.4, -0.2) is 68.9 Å². The first-order valence-electron chi connectivity index (χ1n) is 13.3. The number of carbonyl (C=O) groups is 2. The van der Waals surface area contributed by atoms with Gasteiger partial charge < -0.3 is 24.4 Å². The van der Waals surface area contributed by atoms with E-state index in [9.17, 15) is 9.59 Å². The summed E-state index contributed by atoms with van der Waals surface area (Å²) >= 11 is 1.32. The lowest BCUT2D eigenvalue weighted by atomic mass is 10.2. The number of nitrogens with one attached hydrogen (secondary N) is 1. The number of hydrogen-bond donors (Lipinski definition) is 1. The van der Waals surface area contributed by atoms with E-state index in [1.54, 1.807) is 30.2 Å². The summed E-state index contributed by atoms with van der Waals surface area (Å²) in [7, 11) is 3.25. The van der Waals surface area contributed by atoms with Crippen LogP contribution in [0.4, 0.5) is 17.1 Å². The number of benzene rings is 3. The number of aryl methyl sites for hydroxylation is 1. The first kappa shape index (κ1) is 28.3. The van der Waals surface area contributed by atoms with Gasteiger partial charge in [-0.05, 0) is 78.9 Å². The highest BCUT2D eigenvalue weighted by atomic mass is 32.2. The van der Waals surface area contributed by atoms with Crippen LogP contribution in [0.5, 0.6) is 11.5 Å². The van der Waals surface area contributed by atoms with Crippen LogP contribution in [0.25, 0.3) is 6.08 Å². The van der Waals surface area contributed by atoms with Crippen LogP contribution in [0.3, 0.4) is 0 Å². The highest BCUT2D eigenvalue weighted by Gasteiger charge is 2.30. The number of aliphatic imine (C=N–C) groups is 1. The SMILES string of the molecule is COc1cc(/C=C2\SC(=Nc3ccc(N4CCOCC4)cc3)N(C)C2=O)ccc1OCC(=O)Nc1ccc(C)cc1. The van der Waals surface area contributed by atoms with Gasteiger partial charge in [-0.3, -0.25) is 14.5 Å². The maximum absolute atomic E-state index is 13.0. The lowest BCUT2D eigenvalue weighted by molar-refractivity contribution is -0.121. The summed E-state index contributed by atoms with van der Waals surface area (Å²) in [5.41, 5.74) is 4.49. The molecule has 0 unspecified atom stereocenters. The molecule has 0 aromatic heterocycles. The molecule has 0 spiro atoms. The minimum atomic E-state index is -0.277. The number of methoxy groups -OCH3 is 1. The Morgan fingerprint density at radius 2 is 1.78 bits per heavy atom. The summed E-state index contributed by atoms with van der Waals surface area (Å²) in [6.45, 7) is 5.02. The first-order chi connectivity index (χ1) is 19.9. The summed E-state index contributed by atoms with van der Waals surface area (Å²) in [6, 6.07) is 20.9. The van der Waals surface area contributed by atoms with E-state index in [4.69, 9.17) is 19.2 Å². The molecule has 0 atom stereocenters. The van der Waals surface area contributed by atoms with Crippen LogP contribution < -0.4 is 19.7 Å². The van der Waals surface area contributed by atoms with Crippen molar-refractivity contribution in [3.63, 3.8) is 0 Å². The molecule has 1 N–H and O–H groups in total. The van der Waals surface area contributed by atoms with Gasteiger partial charge in [0.05, 0.1) is 30.9 Å². The number of nitrogens with zero attached hydrogens (tertiary/aromatic N) is 3. The molecular formula is C31H32N4O5S. The van der Waals surface area contributed by atoms with Gasteiger partial charge in [-0.15, -0.1) is 0 Å². The van der Waals surface area contributed by atoms with Crippen molar-refractivity contribution < 1.29 is 23.8 Å². The lowest BCUT2D eigenvalue weighted by Gasteiger charge is -2.28. The minimum absolute atomic E-state index is 0.134. The Balaban J connectivity index is 1.23. The molecule has 5 rings (SSSR count). The second kappa shape index (κ2) is 12.9. The molecule has 2 aliphatic rings. The number of rotatable bonds is 8. The Hall–Kier alpha value is -4.28. The molecule has 3 aromatic carbocycles. The monoisotopic (exact) mass is 572 g/mol. The van der Waals surface area contributed by atoms with Gasteiger partial charge in [0, 0.05) is 31.5 Å². The van der Waals surface area contributed by atoms with Crippen LogP contribution >= 0.6 is 11.8 Å². The fourth-order valence-corrected chi connectivity index (χ4v) is 5.33. The summed E-state index contributed by atoms with van der Waals surface area (Å²) in [5.74, 6) is 0.478. The zero-order valence-electron chi connectivity index (χ0n) is 23.3. The van der Waals surface area contributed by atoms with Crippen molar-refractivity contribution in [1.29, 1.82) is 0 Å². The normalized spacial score (nSPS) is 17.3. The summed E-state index contributed by atoms with van der Waals surface area (Å²) in [4.78, 5) is 34.4. The van der Waals surface area contributed by atoms with Gasteiger partial charge in [0.15, 0.2) is 23.3 Å². The second-order valence-electron chi connectivity index (χ2n) is 9.60. The average Bonchev–Trinajstić information content (AvgIpc) is 3.25. The number of thioether (sulfide) groups is 1.